The molecule has 0 saturated heterocycles. The Balaban J connectivity index is 2.43. The molecule has 0 amide bonds. The number of hydrogen-bond acceptors (Lipinski definition) is 5. The number of nitrogens with zero attached hydrogens (tertiary/aromatic N) is 5. The van der Waals surface area contributed by atoms with Crippen LogP contribution in [0.5, 0.6) is 0 Å². The van der Waals surface area contributed by atoms with E-state index < -0.39 is 0 Å². The molecule has 0 atom stereocenters. The van der Waals surface area contributed by atoms with Crippen molar-refractivity contribution in [3.05, 3.63) is 23.4 Å². The molecule has 128 valence electrons. The van der Waals surface area contributed by atoms with E-state index in [0.717, 1.165) is 25.8 Å². The van der Waals surface area contributed by atoms with Gasteiger partial charge in [-0.2, -0.15) is 4.98 Å². The summed E-state index contributed by atoms with van der Waals surface area (Å²) in [5.41, 5.74) is 1.29. The van der Waals surface area contributed by atoms with Crippen LogP contribution in [0.25, 0.3) is 0 Å². The van der Waals surface area contributed by atoms with Crippen LogP contribution in [0.3, 0.4) is 0 Å². The third-order valence-corrected chi connectivity index (χ3v) is 4.94. The van der Waals surface area contributed by atoms with Crippen LogP contribution < -0.4 is 4.90 Å². The van der Waals surface area contributed by atoms with E-state index in [1.807, 2.05) is 0 Å². The molecule has 1 aromatic rings. The summed E-state index contributed by atoms with van der Waals surface area (Å²) >= 11 is 5.98. The van der Waals surface area contributed by atoms with Crippen LogP contribution in [0.1, 0.15) is 53.9 Å². The topological polar surface area (TPSA) is 45.2 Å². The van der Waals surface area contributed by atoms with Gasteiger partial charge < -0.3 is 4.90 Å². The number of anilines is 1. The largest absolute Gasteiger partial charge is 0.314 e. The van der Waals surface area contributed by atoms with Crippen LogP contribution in [0.15, 0.2) is 18.1 Å². The van der Waals surface area contributed by atoms with Crippen molar-refractivity contribution in [1.82, 2.24) is 19.9 Å². The normalized spacial score (nSPS) is 20.2. The van der Waals surface area contributed by atoms with Gasteiger partial charge in [-0.25, -0.2) is 9.97 Å². The summed E-state index contributed by atoms with van der Waals surface area (Å²) in [7, 11) is 2.18. The Labute approximate surface area is 144 Å². The van der Waals surface area contributed by atoms with Crippen LogP contribution in [0.2, 0.25) is 5.28 Å². The Bertz CT molecular complexity index is 582. The first-order valence-electron chi connectivity index (χ1n) is 8.25. The molecule has 0 unspecified atom stereocenters. The molecule has 0 saturated carbocycles. The van der Waals surface area contributed by atoms with E-state index in [9.17, 15) is 0 Å². The van der Waals surface area contributed by atoms with Crippen molar-refractivity contribution in [1.29, 1.82) is 0 Å². The zero-order valence-corrected chi connectivity index (χ0v) is 15.9. The van der Waals surface area contributed by atoms with Gasteiger partial charge in [0.05, 0.1) is 0 Å². The van der Waals surface area contributed by atoms with Gasteiger partial charge in [-0.3, -0.25) is 4.90 Å². The number of unbranched alkanes of at least 4 members (excludes halogenated alkanes) is 1. The second kappa shape index (κ2) is 6.73. The Morgan fingerprint density at radius 2 is 1.96 bits per heavy atom. The van der Waals surface area contributed by atoms with Gasteiger partial charge in [0.2, 0.25) is 11.2 Å². The molecule has 0 aliphatic carbocycles. The molecule has 2 rings (SSSR count). The minimum absolute atomic E-state index is 0.0294. The van der Waals surface area contributed by atoms with Gasteiger partial charge in [0, 0.05) is 29.7 Å². The first-order chi connectivity index (χ1) is 10.7. The maximum Gasteiger partial charge on any atom is 0.233 e. The van der Waals surface area contributed by atoms with Crippen molar-refractivity contribution in [2.45, 2.75) is 65.0 Å². The highest BCUT2D eigenvalue weighted by Crippen LogP contribution is 2.37. The van der Waals surface area contributed by atoms with Crippen molar-refractivity contribution in [2.75, 3.05) is 18.5 Å². The molecule has 23 heavy (non-hydrogen) atoms. The van der Waals surface area contributed by atoms with Gasteiger partial charge in [-0.1, -0.05) is 13.3 Å². The van der Waals surface area contributed by atoms with Crippen molar-refractivity contribution < 1.29 is 0 Å². The number of aromatic nitrogens is 3. The standard InChI is InChI=1S/C17H28ClN5/c1-7-8-9-23(15-20-12-19-14(18)21-15)13-10-16(2,3)22(6)17(4,5)11-13/h10,12H,7-9,11H2,1-6H3. The maximum absolute atomic E-state index is 5.98. The summed E-state index contributed by atoms with van der Waals surface area (Å²) in [4.78, 5) is 17.2. The Kier molecular flexibility index (Phi) is 5.31. The predicted molar refractivity (Wildman–Crippen MR) is 95.7 cm³/mol. The minimum atomic E-state index is -0.0294. The van der Waals surface area contributed by atoms with Crippen LogP contribution >= 0.6 is 11.6 Å². The molecule has 5 nitrogen and oxygen atoms in total. The van der Waals surface area contributed by atoms with Gasteiger partial charge in [-0.15, -0.1) is 0 Å². The van der Waals surface area contributed by atoms with Crippen LogP contribution in [0.4, 0.5) is 5.95 Å². The molecule has 0 aromatic carbocycles. The Morgan fingerprint density at radius 1 is 1.26 bits per heavy atom. The predicted octanol–water partition coefficient (Wildman–Crippen LogP) is 3.91. The molecule has 1 aliphatic rings. The average Bonchev–Trinajstić information content (AvgIpc) is 2.45. The highest BCUT2D eigenvalue weighted by atomic mass is 35.5. The average molecular weight is 338 g/mol. The highest BCUT2D eigenvalue weighted by Gasteiger charge is 2.40. The smallest absolute Gasteiger partial charge is 0.233 e. The van der Waals surface area contributed by atoms with Crippen molar-refractivity contribution >= 4 is 17.5 Å². The number of likely N-dealkylation sites (N-methyl/N-ethyl adjacent to an activating group) is 1. The second-order valence-corrected chi connectivity index (χ2v) is 7.74. The molecular formula is C17H28ClN5. The summed E-state index contributed by atoms with van der Waals surface area (Å²) in [6.07, 6.45) is 6.95. The third kappa shape index (κ3) is 4.01. The number of halogens is 1. The van der Waals surface area contributed by atoms with Crippen molar-refractivity contribution in [3.8, 4) is 0 Å². The molecule has 1 aromatic heterocycles. The van der Waals surface area contributed by atoms with E-state index in [0.29, 0.717) is 5.95 Å². The maximum atomic E-state index is 5.98. The summed E-state index contributed by atoms with van der Waals surface area (Å²) in [6.45, 7) is 12.1. The molecule has 0 N–H and O–H groups in total. The van der Waals surface area contributed by atoms with E-state index in [4.69, 9.17) is 11.6 Å². The summed E-state index contributed by atoms with van der Waals surface area (Å²) < 4.78 is 0. The molecule has 0 radical (unpaired) electrons. The number of hydrogen-bond donors (Lipinski definition) is 0. The highest BCUT2D eigenvalue weighted by molar-refractivity contribution is 6.28. The van der Waals surface area contributed by atoms with Crippen molar-refractivity contribution in [2.24, 2.45) is 0 Å². The van der Waals surface area contributed by atoms with Crippen molar-refractivity contribution in [3.63, 3.8) is 0 Å². The molecule has 0 bridgehead atoms. The Hall–Kier alpha value is -1.20. The molecular weight excluding hydrogens is 310 g/mol. The van der Waals surface area contributed by atoms with Gasteiger partial charge >= 0.3 is 0 Å². The van der Waals surface area contributed by atoms with E-state index in [-0.39, 0.29) is 16.4 Å². The second-order valence-electron chi connectivity index (χ2n) is 7.40. The van der Waals surface area contributed by atoms with E-state index >= 15 is 0 Å². The fourth-order valence-corrected chi connectivity index (χ4v) is 3.28. The van der Waals surface area contributed by atoms with Crippen LogP contribution in [-0.2, 0) is 0 Å². The lowest BCUT2D eigenvalue weighted by molar-refractivity contribution is 0.0611. The molecule has 1 aliphatic heterocycles. The lowest BCUT2D eigenvalue weighted by atomic mass is 9.83. The van der Waals surface area contributed by atoms with Crippen LogP contribution in [0, 0.1) is 0 Å². The van der Waals surface area contributed by atoms with Gasteiger partial charge in [-0.05, 0) is 58.8 Å². The summed E-state index contributed by atoms with van der Waals surface area (Å²) in [5.74, 6) is 0.640. The van der Waals surface area contributed by atoms with Gasteiger partial charge in [0.25, 0.3) is 0 Å². The number of rotatable bonds is 5. The zero-order chi connectivity index (χ0) is 17.3. The fraction of sp³-hybridized carbons (Fsp3) is 0.706. The van der Waals surface area contributed by atoms with E-state index in [2.05, 4.69) is 72.5 Å². The molecule has 0 fully saturated rings. The fourth-order valence-electron chi connectivity index (χ4n) is 3.16. The Morgan fingerprint density at radius 3 is 2.52 bits per heavy atom. The lowest BCUT2D eigenvalue weighted by Crippen LogP contribution is -2.56. The summed E-state index contributed by atoms with van der Waals surface area (Å²) in [6, 6.07) is 0. The van der Waals surface area contributed by atoms with Gasteiger partial charge in [0.1, 0.15) is 6.33 Å². The molecule has 2 heterocycles. The first-order valence-corrected chi connectivity index (χ1v) is 8.63. The molecule has 6 heteroatoms. The summed E-state index contributed by atoms with van der Waals surface area (Å²) in [5, 5.41) is 0.239. The quantitative estimate of drug-likeness (QED) is 0.815. The van der Waals surface area contributed by atoms with Crippen LogP contribution in [-0.4, -0.2) is 44.5 Å². The lowest BCUT2D eigenvalue weighted by Gasteiger charge is -2.50. The van der Waals surface area contributed by atoms with E-state index in [1.54, 1.807) is 0 Å². The minimum Gasteiger partial charge on any atom is -0.314 e. The van der Waals surface area contributed by atoms with Gasteiger partial charge in [0.15, 0.2) is 0 Å². The monoisotopic (exact) mass is 337 g/mol. The third-order valence-electron chi connectivity index (χ3n) is 4.76. The first kappa shape index (κ1) is 18.1. The molecule has 0 spiro atoms. The van der Waals surface area contributed by atoms with E-state index in [1.165, 1.54) is 12.0 Å². The zero-order valence-electron chi connectivity index (χ0n) is 15.1. The SMILES string of the molecule is CCCCN(C1=CC(C)(C)N(C)C(C)(C)C1)c1ncnc(Cl)n1.